The number of ether oxygens (including phenoxy) is 1. The first-order valence-electron chi connectivity index (χ1n) is 16.8. The van der Waals surface area contributed by atoms with Crippen molar-refractivity contribution in [2.75, 3.05) is 17.5 Å². The van der Waals surface area contributed by atoms with Crippen LogP contribution in [0.1, 0.15) is 55.7 Å². The number of aryl methyl sites for hydroxylation is 1. The number of carbonyl (C=O) groups excluding carboxylic acids is 2. The molecule has 1 N–H and O–H groups in total. The van der Waals surface area contributed by atoms with Gasteiger partial charge in [-0.25, -0.2) is 12.8 Å². The highest BCUT2D eigenvalue weighted by molar-refractivity contribution is 7.92. The molecule has 5 rings (SSSR count). The van der Waals surface area contributed by atoms with E-state index in [1.54, 1.807) is 55.5 Å². The molecule has 1 aliphatic rings. The lowest BCUT2D eigenvalue weighted by molar-refractivity contribution is -0.140. The molecule has 4 aromatic rings. The van der Waals surface area contributed by atoms with Crippen LogP contribution in [0.3, 0.4) is 0 Å². The van der Waals surface area contributed by atoms with Gasteiger partial charge in [0.1, 0.15) is 24.2 Å². The number of amides is 2. The predicted octanol–water partition coefficient (Wildman–Crippen LogP) is 6.82. The summed E-state index contributed by atoms with van der Waals surface area (Å²) >= 11 is 0. The number of carbonyl (C=O) groups is 2. The normalized spacial score (nSPS) is 14.1. The van der Waals surface area contributed by atoms with Crippen molar-refractivity contribution >= 4 is 27.5 Å². The van der Waals surface area contributed by atoms with Crippen molar-refractivity contribution in [3.05, 3.63) is 126 Å². The third kappa shape index (κ3) is 9.26. The second-order valence-electron chi connectivity index (χ2n) is 12.4. The quantitative estimate of drug-likeness (QED) is 0.157. The molecule has 1 atom stereocenters. The SMILES string of the molecule is CCOc1ccccc1N(CC(=O)N(Cc1ccc(F)cc1)[C@H](Cc1ccccc1)C(=O)NC1CCCCC1)S(=O)(=O)c1ccc(C)cc1. The van der Waals surface area contributed by atoms with Crippen LogP contribution < -0.4 is 14.4 Å². The Balaban J connectivity index is 1.59. The average molecular weight is 686 g/mol. The Labute approximate surface area is 289 Å². The Morgan fingerprint density at radius 3 is 2.18 bits per heavy atom. The van der Waals surface area contributed by atoms with E-state index in [4.69, 9.17) is 4.74 Å². The zero-order valence-corrected chi connectivity index (χ0v) is 28.9. The first-order valence-corrected chi connectivity index (χ1v) is 18.3. The molecule has 1 saturated carbocycles. The van der Waals surface area contributed by atoms with Gasteiger partial charge < -0.3 is 15.0 Å². The van der Waals surface area contributed by atoms with Crippen molar-refractivity contribution in [1.82, 2.24) is 10.2 Å². The van der Waals surface area contributed by atoms with Crippen molar-refractivity contribution in [3.8, 4) is 5.75 Å². The molecule has 0 heterocycles. The standard InChI is InChI=1S/C39H44FN3O5S/c1-3-48-37-17-11-10-16-35(37)43(49(46,47)34-24-18-29(2)19-25-34)28-38(44)42(27-31-20-22-32(40)23-21-31)36(26-30-12-6-4-7-13-30)39(45)41-33-14-8-5-9-15-33/h4,6-7,10-13,16-25,33,36H,3,5,8-9,14-15,26-28H2,1-2H3,(H,41,45)/t36-/m1/s1. The molecule has 10 heteroatoms. The van der Waals surface area contributed by atoms with Crippen LogP contribution in [0.4, 0.5) is 10.1 Å². The van der Waals surface area contributed by atoms with E-state index >= 15 is 0 Å². The molecule has 0 aromatic heterocycles. The molecule has 8 nitrogen and oxygen atoms in total. The smallest absolute Gasteiger partial charge is 0.264 e. The van der Waals surface area contributed by atoms with Crippen molar-refractivity contribution in [1.29, 1.82) is 0 Å². The summed E-state index contributed by atoms with van der Waals surface area (Å²) in [6.45, 7) is 3.29. The van der Waals surface area contributed by atoms with E-state index in [1.807, 2.05) is 37.3 Å². The number of rotatable bonds is 14. The topological polar surface area (TPSA) is 96.0 Å². The van der Waals surface area contributed by atoms with Gasteiger partial charge >= 0.3 is 0 Å². The molecule has 0 saturated heterocycles. The number of nitrogens with one attached hydrogen (secondary N) is 1. The summed E-state index contributed by atoms with van der Waals surface area (Å²) in [5, 5.41) is 3.20. The highest BCUT2D eigenvalue weighted by Crippen LogP contribution is 2.33. The van der Waals surface area contributed by atoms with Gasteiger partial charge in [0.05, 0.1) is 17.2 Å². The third-order valence-electron chi connectivity index (χ3n) is 8.81. The predicted molar refractivity (Wildman–Crippen MR) is 189 cm³/mol. The molecule has 0 radical (unpaired) electrons. The molecule has 4 aromatic carbocycles. The van der Waals surface area contributed by atoms with Crippen molar-refractivity contribution < 1.29 is 27.1 Å². The van der Waals surface area contributed by atoms with Gasteiger partial charge in [0, 0.05) is 19.0 Å². The molecule has 258 valence electrons. The van der Waals surface area contributed by atoms with Crippen LogP contribution in [0.25, 0.3) is 0 Å². The van der Waals surface area contributed by atoms with Crippen LogP contribution >= 0.6 is 0 Å². The number of nitrogens with zero attached hydrogens (tertiary/aromatic N) is 2. The number of sulfonamides is 1. The molecule has 0 spiro atoms. The number of para-hydroxylation sites is 2. The Bertz CT molecular complexity index is 1790. The molecule has 0 bridgehead atoms. The van der Waals surface area contributed by atoms with E-state index < -0.39 is 34.3 Å². The summed E-state index contributed by atoms with van der Waals surface area (Å²) in [5.41, 5.74) is 2.52. The Morgan fingerprint density at radius 2 is 1.51 bits per heavy atom. The molecule has 0 unspecified atom stereocenters. The summed E-state index contributed by atoms with van der Waals surface area (Å²) in [5.74, 6) is -1.03. The van der Waals surface area contributed by atoms with Crippen LogP contribution in [-0.2, 0) is 32.6 Å². The number of hydrogen-bond acceptors (Lipinski definition) is 5. The van der Waals surface area contributed by atoms with E-state index in [-0.39, 0.29) is 42.1 Å². The minimum Gasteiger partial charge on any atom is -0.492 e. The van der Waals surface area contributed by atoms with E-state index in [1.165, 1.54) is 29.2 Å². The average Bonchev–Trinajstić information content (AvgIpc) is 3.11. The first-order chi connectivity index (χ1) is 23.7. The lowest BCUT2D eigenvalue weighted by Gasteiger charge is -2.35. The van der Waals surface area contributed by atoms with Gasteiger partial charge in [-0.1, -0.05) is 91.6 Å². The lowest BCUT2D eigenvalue weighted by atomic mass is 9.94. The third-order valence-corrected chi connectivity index (χ3v) is 10.6. The van der Waals surface area contributed by atoms with E-state index in [9.17, 15) is 22.4 Å². The number of halogens is 1. The molecule has 0 aliphatic heterocycles. The van der Waals surface area contributed by atoms with Gasteiger partial charge in [-0.15, -0.1) is 0 Å². The highest BCUT2D eigenvalue weighted by Gasteiger charge is 2.36. The Kier molecular flexibility index (Phi) is 12.1. The molecule has 2 amide bonds. The molecule has 1 fully saturated rings. The van der Waals surface area contributed by atoms with Crippen LogP contribution in [0.5, 0.6) is 5.75 Å². The fraction of sp³-hybridized carbons (Fsp3) is 0.333. The fourth-order valence-corrected chi connectivity index (χ4v) is 7.60. The van der Waals surface area contributed by atoms with Crippen LogP contribution in [0.15, 0.2) is 108 Å². The maximum atomic E-state index is 14.8. The molecular formula is C39H44FN3O5S. The fourth-order valence-electron chi connectivity index (χ4n) is 6.18. The van der Waals surface area contributed by atoms with Crippen LogP contribution in [0, 0.1) is 12.7 Å². The van der Waals surface area contributed by atoms with Crippen molar-refractivity contribution in [2.45, 2.75) is 75.9 Å². The zero-order chi connectivity index (χ0) is 34.8. The number of benzene rings is 4. The minimum absolute atomic E-state index is 0.0122. The van der Waals surface area contributed by atoms with Gasteiger partial charge in [-0.05, 0) is 74.2 Å². The summed E-state index contributed by atoms with van der Waals surface area (Å²) in [6, 6.07) is 27.3. The van der Waals surface area contributed by atoms with Crippen molar-refractivity contribution in [3.63, 3.8) is 0 Å². The van der Waals surface area contributed by atoms with Gasteiger partial charge in [0.15, 0.2) is 0 Å². The second kappa shape index (κ2) is 16.6. The van der Waals surface area contributed by atoms with Gasteiger partial charge in [0.25, 0.3) is 10.0 Å². The highest BCUT2D eigenvalue weighted by atomic mass is 32.2. The van der Waals surface area contributed by atoms with E-state index in [2.05, 4.69) is 5.32 Å². The second-order valence-corrected chi connectivity index (χ2v) is 14.3. The maximum Gasteiger partial charge on any atom is 0.264 e. The largest absolute Gasteiger partial charge is 0.492 e. The van der Waals surface area contributed by atoms with Gasteiger partial charge in [-0.2, -0.15) is 0 Å². The molecular weight excluding hydrogens is 642 g/mol. The lowest BCUT2D eigenvalue weighted by Crippen LogP contribution is -2.55. The van der Waals surface area contributed by atoms with Gasteiger partial charge in [0.2, 0.25) is 11.8 Å². The number of hydrogen-bond donors (Lipinski definition) is 1. The molecule has 1 aliphatic carbocycles. The minimum atomic E-state index is -4.29. The summed E-state index contributed by atoms with van der Waals surface area (Å²) in [7, 11) is -4.29. The van der Waals surface area contributed by atoms with Gasteiger partial charge in [-0.3, -0.25) is 13.9 Å². The summed E-state index contributed by atoms with van der Waals surface area (Å²) in [6.07, 6.45) is 5.05. The maximum absolute atomic E-state index is 14.8. The molecule has 49 heavy (non-hydrogen) atoms. The Morgan fingerprint density at radius 1 is 0.857 bits per heavy atom. The van der Waals surface area contributed by atoms with Crippen LogP contribution in [0.2, 0.25) is 0 Å². The summed E-state index contributed by atoms with van der Waals surface area (Å²) in [4.78, 5) is 30.4. The van der Waals surface area contributed by atoms with E-state index in [0.29, 0.717) is 11.3 Å². The summed E-state index contributed by atoms with van der Waals surface area (Å²) < 4.78 is 49.6. The van der Waals surface area contributed by atoms with E-state index in [0.717, 1.165) is 47.5 Å². The Hall–Kier alpha value is -4.70. The van der Waals surface area contributed by atoms with Crippen LogP contribution in [-0.4, -0.2) is 50.4 Å². The first kappa shape index (κ1) is 35.6. The monoisotopic (exact) mass is 685 g/mol. The zero-order valence-electron chi connectivity index (χ0n) is 28.1. The number of anilines is 1. The van der Waals surface area contributed by atoms with Crippen molar-refractivity contribution in [2.24, 2.45) is 0 Å².